The van der Waals surface area contributed by atoms with Crippen LogP contribution >= 0.6 is 11.8 Å². The van der Waals surface area contributed by atoms with E-state index in [-0.39, 0.29) is 22.7 Å². The van der Waals surface area contributed by atoms with Crippen LogP contribution in [-0.4, -0.2) is 37.6 Å². The predicted molar refractivity (Wildman–Crippen MR) is 136 cm³/mol. The van der Waals surface area contributed by atoms with Crippen LogP contribution in [0.2, 0.25) is 0 Å². The van der Waals surface area contributed by atoms with E-state index in [0.717, 1.165) is 11.3 Å². The third-order valence-corrected chi connectivity index (χ3v) is 10.9. The normalized spacial score (nSPS) is 26.0. The van der Waals surface area contributed by atoms with Crippen LogP contribution in [0.15, 0.2) is 77.7 Å². The predicted octanol–water partition coefficient (Wildman–Crippen LogP) is 4.99. The van der Waals surface area contributed by atoms with Crippen molar-refractivity contribution in [3.63, 3.8) is 0 Å². The van der Waals surface area contributed by atoms with Crippen molar-refractivity contribution in [3.8, 4) is 0 Å². The van der Waals surface area contributed by atoms with Crippen molar-refractivity contribution in [2.75, 3.05) is 18.1 Å². The summed E-state index contributed by atoms with van der Waals surface area (Å²) in [5.74, 6) is 1.38. The molecule has 4 aliphatic rings. The van der Waals surface area contributed by atoms with Gasteiger partial charge in [0.15, 0.2) is 9.84 Å². The van der Waals surface area contributed by atoms with Crippen molar-refractivity contribution in [3.05, 3.63) is 101 Å². The first kappa shape index (κ1) is 21.9. The minimum Gasteiger partial charge on any atom is -0.352 e. The third kappa shape index (κ3) is 3.87. The van der Waals surface area contributed by atoms with Gasteiger partial charge >= 0.3 is 0 Å². The second-order valence-electron chi connectivity index (χ2n) is 9.63. The van der Waals surface area contributed by atoms with Gasteiger partial charge in [-0.2, -0.15) is 0 Å². The molecule has 0 aromatic heterocycles. The SMILES string of the molecule is O=C(NCC1CC2c3ccccc3C1c1ccccc12)c1ccccc1SC1CCS(=O)(=O)C1. The Morgan fingerprint density at radius 3 is 2.15 bits per heavy atom. The maximum Gasteiger partial charge on any atom is 0.252 e. The highest BCUT2D eigenvalue weighted by molar-refractivity contribution is 8.02. The van der Waals surface area contributed by atoms with Crippen LogP contribution in [0.25, 0.3) is 0 Å². The van der Waals surface area contributed by atoms with Crippen LogP contribution in [0.1, 0.15) is 57.3 Å². The Kier molecular flexibility index (Phi) is 5.53. The monoisotopic (exact) mass is 489 g/mol. The van der Waals surface area contributed by atoms with Crippen molar-refractivity contribution in [2.24, 2.45) is 5.92 Å². The fourth-order valence-electron chi connectivity index (χ4n) is 6.07. The van der Waals surface area contributed by atoms with Crippen molar-refractivity contribution in [2.45, 2.75) is 34.8 Å². The molecule has 1 N–H and O–H groups in total. The summed E-state index contributed by atoms with van der Waals surface area (Å²) in [5.41, 5.74) is 6.30. The number of rotatable bonds is 5. The van der Waals surface area contributed by atoms with Gasteiger partial charge in [0.25, 0.3) is 5.91 Å². The van der Waals surface area contributed by atoms with E-state index in [1.165, 1.54) is 34.0 Å². The highest BCUT2D eigenvalue weighted by Crippen LogP contribution is 2.55. The van der Waals surface area contributed by atoms with Gasteiger partial charge in [0.1, 0.15) is 0 Å². The van der Waals surface area contributed by atoms with E-state index in [0.29, 0.717) is 36.3 Å². The number of nitrogens with one attached hydrogen (secondary N) is 1. The molecule has 1 fully saturated rings. The van der Waals surface area contributed by atoms with Crippen LogP contribution < -0.4 is 5.32 Å². The number of sulfone groups is 1. The van der Waals surface area contributed by atoms with Gasteiger partial charge in [-0.25, -0.2) is 8.42 Å². The quantitative estimate of drug-likeness (QED) is 0.548. The Labute approximate surface area is 205 Å². The zero-order valence-corrected chi connectivity index (χ0v) is 20.4. The summed E-state index contributed by atoms with van der Waals surface area (Å²) >= 11 is 1.52. The number of hydrogen-bond acceptors (Lipinski definition) is 4. The molecule has 7 rings (SSSR count). The first-order valence-electron chi connectivity index (χ1n) is 11.9. The molecule has 0 spiro atoms. The number of carbonyl (C=O) groups excluding carboxylic acids is 1. The van der Waals surface area contributed by atoms with E-state index < -0.39 is 9.84 Å². The molecule has 3 aliphatic carbocycles. The lowest BCUT2D eigenvalue weighted by atomic mass is 9.59. The van der Waals surface area contributed by atoms with Crippen LogP contribution in [0.4, 0.5) is 0 Å². The van der Waals surface area contributed by atoms with Gasteiger partial charge in [-0.1, -0.05) is 60.7 Å². The van der Waals surface area contributed by atoms with Gasteiger partial charge in [-0.05, 0) is 53.1 Å². The van der Waals surface area contributed by atoms with Crippen molar-refractivity contribution < 1.29 is 13.2 Å². The molecule has 4 nitrogen and oxygen atoms in total. The summed E-state index contributed by atoms with van der Waals surface area (Å²) in [6.45, 7) is 0.624. The second kappa shape index (κ2) is 8.58. The van der Waals surface area contributed by atoms with Gasteiger partial charge in [-0.15, -0.1) is 11.8 Å². The Bertz CT molecular complexity index is 1320. The van der Waals surface area contributed by atoms with Gasteiger partial charge in [0.05, 0.1) is 17.1 Å². The summed E-state index contributed by atoms with van der Waals surface area (Å²) in [5, 5.41) is 3.24. The first-order chi connectivity index (χ1) is 16.5. The fraction of sp³-hybridized carbons (Fsp3) is 0.321. The third-order valence-electron chi connectivity index (χ3n) is 7.56. The molecule has 1 aliphatic heterocycles. The lowest BCUT2D eigenvalue weighted by molar-refractivity contribution is 0.0940. The highest BCUT2D eigenvalue weighted by Gasteiger charge is 2.43. The summed E-state index contributed by atoms with van der Waals surface area (Å²) in [6.07, 6.45) is 1.68. The molecule has 1 amide bonds. The Hall–Kier alpha value is -2.57. The molecule has 1 saturated heterocycles. The summed E-state index contributed by atoms with van der Waals surface area (Å²) in [4.78, 5) is 14.1. The Balaban J connectivity index is 1.21. The Morgan fingerprint density at radius 2 is 1.50 bits per heavy atom. The number of carbonyl (C=O) groups is 1. The number of thioether (sulfide) groups is 1. The number of hydrogen-bond donors (Lipinski definition) is 1. The molecule has 3 aromatic carbocycles. The van der Waals surface area contributed by atoms with Gasteiger partial charge in [0, 0.05) is 28.5 Å². The van der Waals surface area contributed by atoms with Gasteiger partial charge < -0.3 is 5.32 Å². The van der Waals surface area contributed by atoms with Crippen LogP contribution in [0, 0.1) is 5.92 Å². The minimum absolute atomic E-state index is 0.0148. The molecular weight excluding hydrogens is 462 g/mol. The number of benzene rings is 3. The molecular formula is C28H27NO3S2. The summed E-state index contributed by atoms with van der Waals surface area (Å²) in [7, 11) is -2.95. The highest BCUT2D eigenvalue weighted by atomic mass is 32.2. The topological polar surface area (TPSA) is 63.2 Å². The second-order valence-corrected chi connectivity index (χ2v) is 13.2. The average molecular weight is 490 g/mol. The largest absolute Gasteiger partial charge is 0.352 e. The number of amides is 1. The molecule has 2 unspecified atom stereocenters. The first-order valence-corrected chi connectivity index (χ1v) is 14.6. The molecule has 3 aromatic rings. The minimum atomic E-state index is -2.95. The molecule has 34 heavy (non-hydrogen) atoms. The zero-order valence-electron chi connectivity index (χ0n) is 18.8. The molecule has 6 heteroatoms. The number of fused-ring (bicyclic) bond motifs is 1. The van der Waals surface area contributed by atoms with E-state index >= 15 is 0 Å². The standard InChI is InChI=1S/C28H27NO3S2/c30-28(24-11-5-6-12-26(24)33-19-13-14-34(31,32)17-19)29-16-18-15-25-20-7-1-3-9-22(20)27(18)23-10-4-2-8-21(23)25/h1-12,18-19,25,27H,13-17H2,(H,29,30). The molecule has 0 saturated carbocycles. The molecule has 174 valence electrons. The lowest BCUT2D eigenvalue weighted by Gasteiger charge is -2.45. The Morgan fingerprint density at radius 1 is 0.882 bits per heavy atom. The summed E-state index contributed by atoms with van der Waals surface area (Å²) < 4.78 is 23.7. The van der Waals surface area contributed by atoms with Crippen molar-refractivity contribution in [1.29, 1.82) is 0 Å². The summed E-state index contributed by atoms with van der Waals surface area (Å²) in [6, 6.07) is 25.1. The molecule has 1 heterocycles. The molecule has 2 bridgehead atoms. The maximum atomic E-state index is 13.3. The van der Waals surface area contributed by atoms with Crippen molar-refractivity contribution in [1.82, 2.24) is 5.32 Å². The van der Waals surface area contributed by atoms with Crippen molar-refractivity contribution >= 4 is 27.5 Å². The maximum absolute atomic E-state index is 13.3. The lowest BCUT2D eigenvalue weighted by Crippen LogP contribution is -2.39. The van der Waals surface area contributed by atoms with E-state index in [1.807, 2.05) is 24.3 Å². The van der Waals surface area contributed by atoms with E-state index in [9.17, 15) is 13.2 Å². The average Bonchev–Trinajstić information content (AvgIpc) is 3.21. The van der Waals surface area contributed by atoms with Crippen LogP contribution in [0.5, 0.6) is 0 Å². The van der Waals surface area contributed by atoms with Gasteiger partial charge in [0.2, 0.25) is 0 Å². The molecule has 2 atom stereocenters. The molecule has 0 radical (unpaired) electrons. The van der Waals surface area contributed by atoms with Gasteiger partial charge in [-0.3, -0.25) is 4.79 Å². The smallest absolute Gasteiger partial charge is 0.252 e. The van der Waals surface area contributed by atoms with Crippen LogP contribution in [-0.2, 0) is 9.84 Å². The van der Waals surface area contributed by atoms with Crippen LogP contribution in [0.3, 0.4) is 0 Å². The van der Waals surface area contributed by atoms with E-state index in [1.54, 1.807) is 0 Å². The fourth-order valence-corrected chi connectivity index (χ4v) is 9.70. The zero-order chi connectivity index (χ0) is 23.3. The van der Waals surface area contributed by atoms with E-state index in [2.05, 4.69) is 53.8 Å². The van der Waals surface area contributed by atoms with E-state index in [4.69, 9.17) is 0 Å².